The van der Waals surface area contributed by atoms with Crippen LogP contribution in [0.1, 0.15) is 64.1 Å². The molecule has 4 aromatic heterocycles. The average Bonchev–Trinajstić information content (AvgIpc) is 3.91. The van der Waals surface area contributed by atoms with Gasteiger partial charge in [-0.1, -0.05) is 120 Å². The number of hydrogen-bond donors (Lipinski definition) is 3. The molecule has 0 atom stereocenters. The van der Waals surface area contributed by atoms with E-state index in [-0.39, 0.29) is 22.3 Å². The number of aromatic nitrogens is 4. The molecule has 10 rings (SSSR count). The molecule has 5 heterocycles. The fourth-order valence-corrected chi connectivity index (χ4v) is 8.24. The third-order valence-corrected chi connectivity index (χ3v) is 11.7. The number of benzene rings is 5. The number of nitrogens with one attached hydrogen (secondary N) is 1. The van der Waals surface area contributed by atoms with Crippen LogP contribution in [0, 0.1) is 0 Å². The summed E-state index contributed by atoms with van der Waals surface area (Å²) in [5.74, 6) is 0.260. The highest BCUT2D eigenvalue weighted by molar-refractivity contribution is 6.08. The lowest BCUT2D eigenvalue weighted by molar-refractivity contribution is 0.486. The van der Waals surface area contributed by atoms with Crippen molar-refractivity contribution in [1.29, 1.82) is 0 Å². The Kier molecular flexibility index (Phi) is 8.15. The first-order valence-corrected chi connectivity index (χ1v) is 20.1. The van der Waals surface area contributed by atoms with Crippen molar-refractivity contribution in [3.05, 3.63) is 150 Å². The molecule has 9 aromatic rings. The van der Waals surface area contributed by atoms with E-state index in [1.54, 1.807) is 0 Å². The summed E-state index contributed by atoms with van der Waals surface area (Å²) in [5, 5.41) is 29.0. The summed E-state index contributed by atoms with van der Waals surface area (Å²) in [5.41, 5.74) is 11.5. The molecule has 0 saturated carbocycles. The van der Waals surface area contributed by atoms with Crippen LogP contribution >= 0.6 is 0 Å². The van der Waals surface area contributed by atoms with Crippen LogP contribution in [0.3, 0.4) is 0 Å². The van der Waals surface area contributed by atoms with Crippen molar-refractivity contribution in [2.45, 2.75) is 52.4 Å². The average molecular weight is 769 g/mol. The van der Waals surface area contributed by atoms with Gasteiger partial charge in [-0.15, -0.1) is 0 Å². The summed E-state index contributed by atoms with van der Waals surface area (Å²) in [4.78, 5) is 19.5. The van der Waals surface area contributed by atoms with Crippen LogP contribution in [0.25, 0.3) is 99.8 Å². The van der Waals surface area contributed by atoms with Crippen molar-refractivity contribution >= 4 is 77.6 Å². The Bertz CT molecular complexity index is 3350. The lowest BCUT2D eigenvalue weighted by Crippen LogP contribution is -2.10. The molecule has 12 bridgehead atoms. The Morgan fingerprint density at radius 2 is 0.915 bits per heavy atom. The van der Waals surface area contributed by atoms with E-state index in [2.05, 4.69) is 119 Å². The molecule has 0 amide bonds. The van der Waals surface area contributed by atoms with Crippen LogP contribution in [0.2, 0.25) is 0 Å². The normalized spacial score (nSPS) is 12.6. The highest BCUT2D eigenvalue weighted by Crippen LogP contribution is 2.41. The van der Waals surface area contributed by atoms with Crippen molar-refractivity contribution < 1.29 is 10.2 Å². The molecule has 0 spiro atoms. The number of aromatic amines is 1. The molecule has 1 aliphatic heterocycles. The number of H-pyrrole nitrogens is 1. The van der Waals surface area contributed by atoms with Gasteiger partial charge in [0, 0.05) is 48.9 Å². The van der Waals surface area contributed by atoms with E-state index in [0.717, 1.165) is 66.4 Å². The van der Waals surface area contributed by atoms with E-state index in [1.807, 2.05) is 66.7 Å². The maximum absolute atomic E-state index is 12.3. The number of phenolic OH excluding ortho intramolecular Hbond substituents is 2. The number of nitrogens with zero attached hydrogens (tertiary/aromatic N) is 3. The summed E-state index contributed by atoms with van der Waals surface area (Å²) in [6.07, 6.45) is 4.01. The summed E-state index contributed by atoms with van der Waals surface area (Å²) in [6.45, 7) is 13.1. The Morgan fingerprint density at radius 3 is 1.51 bits per heavy atom. The highest BCUT2D eigenvalue weighted by Gasteiger charge is 2.21. The monoisotopic (exact) mass is 768 g/mol. The predicted octanol–water partition coefficient (Wildman–Crippen LogP) is 13.6. The van der Waals surface area contributed by atoms with Gasteiger partial charge in [-0.25, -0.2) is 15.0 Å². The van der Waals surface area contributed by atoms with Gasteiger partial charge in [0.25, 0.3) is 0 Å². The van der Waals surface area contributed by atoms with Crippen LogP contribution in [0.5, 0.6) is 11.5 Å². The second-order valence-corrected chi connectivity index (χ2v) is 17.8. The summed E-state index contributed by atoms with van der Waals surface area (Å²) >= 11 is 0. The fraction of sp³-hybridized carbons (Fsp3) is 0.151. The first kappa shape index (κ1) is 36.3. The molecule has 0 saturated heterocycles. The number of phenols is 2. The topological polar surface area (TPSA) is 94.9 Å². The van der Waals surface area contributed by atoms with E-state index < -0.39 is 0 Å². The third kappa shape index (κ3) is 6.23. The molecule has 6 nitrogen and oxygen atoms in total. The Labute approximate surface area is 342 Å². The Hall–Kier alpha value is -7.05. The van der Waals surface area contributed by atoms with Gasteiger partial charge in [-0.05, 0) is 99.3 Å². The minimum Gasteiger partial charge on any atom is -0.507 e. The van der Waals surface area contributed by atoms with E-state index in [4.69, 9.17) is 15.0 Å². The summed E-state index contributed by atoms with van der Waals surface area (Å²) < 4.78 is 0. The van der Waals surface area contributed by atoms with Crippen molar-refractivity contribution in [2.75, 3.05) is 0 Å². The number of rotatable bonds is 2. The standard InChI is InChI=1S/C53H44N4O2/c1-52(2,3)35-26-37-41-22-24-45(54-41)47(32-14-12-31(13-15-32)30-10-8-7-9-11-30)46-25-23-42(55-46)38-27-36(53(4,5)6)29-40(51(38)59)44-21-19-34-17-16-33-18-20-43(39(28-35)50(37)58)56-48(33)49(34)57-44/h7-29,54,58-59H,1-6H3. The van der Waals surface area contributed by atoms with Gasteiger partial charge in [0.1, 0.15) is 11.5 Å². The molecular formula is C53H44N4O2. The van der Waals surface area contributed by atoms with Gasteiger partial charge in [-0.2, -0.15) is 0 Å². The highest BCUT2D eigenvalue weighted by atomic mass is 16.3. The Morgan fingerprint density at radius 1 is 0.441 bits per heavy atom. The molecule has 0 radical (unpaired) electrons. The molecule has 5 aromatic carbocycles. The molecule has 0 unspecified atom stereocenters. The van der Waals surface area contributed by atoms with Crippen molar-refractivity contribution in [3.63, 3.8) is 0 Å². The second kappa shape index (κ2) is 13.2. The van der Waals surface area contributed by atoms with Crippen molar-refractivity contribution in [3.8, 4) is 33.8 Å². The maximum atomic E-state index is 12.3. The van der Waals surface area contributed by atoms with E-state index >= 15 is 0 Å². The molecule has 0 fully saturated rings. The maximum Gasteiger partial charge on any atom is 0.134 e. The zero-order chi connectivity index (χ0) is 40.8. The lowest BCUT2D eigenvalue weighted by Gasteiger charge is -2.20. The zero-order valence-corrected chi connectivity index (χ0v) is 34.0. The molecule has 1 aliphatic rings. The molecule has 288 valence electrons. The van der Waals surface area contributed by atoms with E-state index in [1.165, 1.54) is 0 Å². The van der Waals surface area contributed by atoms with E-state index in [9.17, 15) is 10.2 Å². The molecule has 0 aliphatic carbocycles. The van der Waals surface area contributed by atoms with Crippen LogP contribution < -0.4 is 0 Å². The molecular weight excluding hydrogens is 725 g/mol. The van der Waals surface area contributed by atoms with Gasteiger partial charge in [-0.3, -0.25) is 0 Å². The van der Waals surface area contributed by atoms with Gasteiger partial charge in [0.05, 0.1) is 33.5 Å². The smallest absolute Gasteiger partial charge is 0.134 e. The lowest BCUT2D eigenvalue weighted by atomic mass is 9.85. The number of hydrogen-bond acceptors (Lipinski definition) is 5. The molecule has 59 heavy (non-hydrogen) atoms. The number of fused-ring (bicyclic) bond motifs is 14. The SMILES string of the molecule is CC(C)(C)c1cc2c3nc(c(-c4ccc(-c5ccccc5)cc4)c4ccc([nH]4)c4cc(C(C)(C)C)cc(c4O)c4ccc5ccc6ccc(nc6c5n4)c(c1)c2O)C=C3. The minimum atomic E-state index is -0.234. The number of aromatic hydroxyl groups is 2. The van der Waals surface area contributed by atoms with E-state index in [0.29, 0.717) is 43.8 Å². The van der Waals surface area contributed by atoms with Crippen LogP contribution in [0.4, 0.5) is 0 Å². The summed E-state index contributed by atoms with van der Waals surface area (Å²) in [6, 6.07) is 43.4. The van der Waals surface area contributed by atoms with Gasteiger partial charge >= 0.3 is 0 Å². The zero-order valence-electron chi connectivity index (χ0n) is 34.0. The minimum absolute atomic E-state index is 0.118. The first-order valence-electron chi connectivity index (χ1n) is 20.1. The fourth-order valence-electron chi connectivity index (χ4n) is 8.24. The second-order valence-electron chi connectivity index (χ2n) is 17.8. The molecule has 3 N–H and O–H groups in total. The first-order chi connectivity index (χ1) is 28.3. The van der Waals surface area contributed by atoms with Gasteiger partial charge < -0.3 is 15.2 Å². The Balaban J connectivity index is 1.40. The van der Waals surface area contributed by atoms with Crippen molar-refractivity contribution in [1.82, 2.24) is 19.9 Å². The van der Waals surface area contributed by atoms with Gasteiger partial charge in [0.2, 0.25) is 0 Å². The molecule has 6 heteroatoms. The van der Waals surface area contributed by atoms with Crippen LogP contribution in [0.15, 0.2) is 127 Å². The van der Waals surface area contributed by atoms with Gasteiger partial charge in [0.15, 0.2) is 0 Å². The quantitative estimate of drug-likeness (QED) is 0.152. The van der Waals surface area contributed by atoms with Crippen LogP contribution in [-0.4, -0.2) is 30.1 Å². The summed E-state index contributed by atoms with van der Waals surface area (Å²) in [7, 11) is 0. The predicted molar refractivity (Wildman–Crippen MR) is 246 cm³/mol. The number of pyridine rings is 2. The van der Waals surface area contributed by atoms with Crippen molar-refractivity contribution in [2.24, 2.45) is 0 Å². The van der Waals surface area contributed by atoms with Crippen LogP contribution in [-0.2, 0) is 10.8 Å². The largest absolute Gasteiger partial charge is 0.507 e. The third-order valence-electron chi connectivity index (χ3n) is 11.7.